The number of nitrogens with zero attached hydrogens (tertiary/aromatic N) is 8. The van der Waals surface area contributed by atoms with Gasteiger partial charge in [-0.2, -0.15) is 15.3 Å². The summed E-state index contributed by atoms with van der Waals surface area (Å²) in [5.41, 5.74) is 2.14. The quantitative estimate of drug-likeness (QED) is 0.393. The summed E-state index contributed by atoms with van der Waals surface area (Å²) in [6, 6.07) is 6.10. The van der Waals surface area contributed by atoms with Crippen LogP contribution in [0.4, 0.5) is 10.3 Å². The van der Waals surface area contributed by atoms with Crippen molar-refractivity contribution in [3.05, 3.63) is 69.7 Å². The van der Waals surface area contributed by atoms with Gasteiger partial charge in [-0.1, -0.05) is 6.07 Å². The van der Waals surface area contributed by atoms with Gasteiger partial charge >= 0.3 is 0 Å². The first-order valence-electron chi connectivity index (χ1n) is 11.5. The molecule has 11 heteroatoms. The Morgan fingerprint density at radius 1 is 1.20 bits per heavy atom. The van der Waals surface area contributed by atoms with E-state index in [0.717, 1.165) is 23.7 Å². The largest absolute Gasteiger partial charge is 0.345 e. The topological polar surface area (TPSA) is 129 Å². The molecule has 178 valence electrons. The number of anilines is 1. The molecule has 0 unspecified atom stereocenters. The van der Waals surface area contributed by atoms with Crippen molar-refractivity contribution in [1.29, 1.82) is 5.26 Å². The maximum atomic E-state index is 13.4. The molecule has 35 heavy (non-hydrogen) atoms. The number of H-pyrrole nitrogens is 1. The average Bonchev–Trinajstić information content (AvgIpc) is 3.64. The third-order valence-electron chi connectivity index (χ3n) is 6.14. The van der Waals surface area contributed by atoms with Crippen LogP contribution in [0.25, 0.3) is 11.0 Å². The predicted molar refractivity (Wildman–Crippen MR) is 126 cm³/mol. The highest BCUT2D eigenvalue weighted by Crippen LogP contribution is 2.38. The number of nitriles is 1. The van der Waals surface area contributed by atoms with Crippen LogP contribution in [-0.4, -0.2) is 48.3 Å². The summed E-state index contributed by atoms with van der Waals surface area (Å²) >= 11 is 0. The van der Waals surface area contributed by atoms with Crippen LogP contribution in [0.2, 0.25) is 0 Å². The number of halogens is 1. The zero-order valence-corrected chi connectivity index (χ0v) is 19.3. The number of aromatic nitrogens is 7. The fraction of sp³-hybridized carbons (Fsp3) is 0.375. The Hall–Kier alpha value is -4.20. The number of fused-ring (bicyclic) bond motifs is 1. The minimum absolute atomic E-state index is 0.101. The van der Waals surface area contributed by atoms with E-state index in [-0.39, 0.29) is 22.3 Å². The Morgan fingerprint density at radius 3 is 2.69 bits per heavy atom. The van der Waals surface area contributed by atoms with Crippen molar-refractivity contribution in [3.8, 4) is 6.07 Å². The van der Waals surface area contributed by atoms with Crippen molar-refractivity contribution < 1.29 is 4.39 Å². The van der Waals surface area contributed by atoms with Crippen LogP contribution in [0.5, 0.6) is 0 Å². The van der Waals surface area contributed by atoms with Gasteiger partial charge in [0.2, 0.25) is 5.95 Å². The summed E-state index contributed by atoms with van der Waals surface area (Å²) < 4.78 is 14.6. The lowest BCUT2D eigenvalue weighted by molar-refractivity contribution is 0.604. The van der Waals surface area contributed by atoms with Crippen LogP contribution >= 0.6 is 0 Å². The molecule has 0 bridgehead atoms. The summed E-state index contributed by atoms with van der Waals surface area (Å²) in [4.78, 5) is 32.4. The van der Waals surface area contributed by atoms with E-state index in [2.05, 4.69) is 42.3 Å². The highest BCUT2D eigenvalue weighted by atomic mass is 19.1. The summed E-state index contributed by atoms with van der Waals surface area (Å²) in [5.74, 6) is 1.12. The van der Waals surface area contributed by atoms with Gasteiger partial charge in [0.1, 0.15) is 17.3 Å². The molecule has 0 aliphatic heterocycles. The van der Waals surface area contributed by atoms with E-state index >= 15 is 0 Å². The standard InChI is InChI=1S/C24H24FN9O/c1-33(9-2-3-20-28-13-17(25)14-29-20)24-30-22-21(19(11-26)31-32-22)23(35)34(24)10-8-15-4-7-18(27-12-15)16-5-6-16/h4,7,12-14,16H,2-3,5-6,8-10H2,1H3,(H,31,32). The van der Waals surface area contributed by atoms with E-state index in [1.807, 2.05) is 24.2 Å². The molecule has 1 saturated carbocycles. The SMILES string of the molecule is CN(CCCc1ncc(F)cn1)c1nc2n[nH]c(C#N)c2c(=O)n1CCc1ccc(C2CC2)nc1. The van der Waals surface area contributed by atoms with Crippen molar-refractivity contribution in [2.45, 2.75) is 44.6 Å². The molecule has 1 N–H and O–H groups in total. The Kier molecular flexibility index (Phi) is 6.18. The van der Waals surface area contributed by atoms with Crippen LogP contribution in [0.15, 0.2) is 35.5 Å². The molecule has 0 saturated heterocycles. The molecule has 4 aromatic heterocycles. The van der Waals surface area contributed by atoms with Crippen LogP contribution in [0.3, 0.4) is 0 Å². The summed E-state index contributed by atoms with van der Waals surface area (Å²) in [5, 5.41) is 16.2. The number of hydrogen-bond acceptors (Lipinski definition) is 8. The van der Waals surface area contributed by atoms with Gasteiger partial charge in [-0.3, -0.25) is 19.4 Å². The Balaban J connectivity index is 1.37. The second-order valence-corrected chi connectivity index (χ2v) is 8.74. The molecular weight excluding hydrogens is 449 g/mol. The van der Waals surface area contributed by atoms with E-state index in [1.54, 1.807) is 4.57 Å². The lowest BCUT2D eigenvalue weighted by Gasteiger charge is -2.22. The smallest absolute Gasteiger partial charge is 0.267 e. The molecule has 4 heterocycles. The molecule has 0 atom stereocenters. The zero-order valence-electron chi connectivity index (χ0n) is 19.3. The van der Waals surface area contributed by atoms with Crippen molar-refractivity contribution in [1.82, 2.24) is 34.7 Å². The molecule has 5 rings (SSSR count). The van der Waals surface area contributed by atoms with Gasteiger partial charge in [-0.25, -0.2) is 14.4 Å². The molecule has 1 aliphatic carbocycles. The van der Waals surface area contributed by atoms with Gasteiger partial charge in [-0.05, 0) is 37.3 Å². The third kappa shape index (κ3) is 4.87. The van der Waals surface area contributed by atoms with Crippen molar-refractivity contribution in [3.63, 3.8) is 0 Å². The number of nitrogens with one attached hydrogen (secondary N) is 1. The average molecular weight is 474 g/mol. The Labute approximate surface area is 200 Å². The van der Waals surface area contributed by atoms with Crippen LogP contribution in [-0.2, 0) is 19.4 Å². The molecule has 0 radical (unpaired) electrons. The number of rotatable bonds is 9. The van der Waals surface area contributed by atoms with Crippen LogP contribution in [0.1, 0.15) is 48.0 Å². The van der Waals surface area contributed by atoms with Crippen LogP contribution < -0.4 is 10.5 Å². The highest BCUT2D eigenvalue weighted by molar-refractivity contribution is 5.80. The lowest BCUT2D eigenvalue weighted by Crippen LogP contribution is -2.32. The zero-order chi connectivity index (χ0) is 24.4. The van der Waals surface area contributed by atoms with E-state index in [0.29, 0.717) is 50.0 Å². The minimum Gasteiger partial charge on any atom is -0.345 e. The van der Waals surface area contributed by atoms with Gasteiger partial charge in [-0.15, -0.1) is 0 Å². The number of pyridine rings is 1. The Morgan fingerprint density at radius 2 is 2.00 bits per heavy atom. The summed E-state index contributed by atoms with van der Waals surface area (Å²) in [7, 11) is 1.85. The summed E-state index contributed by atoms with van der Waals surface area (Å²) in [6.07, 6.45) is 8.38. The van der Waals surface area contributed by atoms with Crippen LogP contribution in [0, 0.1) is 17.1 Å². The first-order valence-corrected chi connectivity index (χ1v) is 11.5. The van der Waals surface area contributed by atoms with Crippen molar-refractivity contribution in [2.24, 2.45) is 0 Å². The molecule has 4 aromatic rings. The van der Waals surface area contributed by atoms with E-state index in [1.165, 1.54) is 12.8 Å². The number of hydrogen-bond donors (Lipinski definition) is 1. The maximum Gasteiger partial charge on any atom is 0.267 e. The van der Waals surface area contributed by atoms with Crippen molar-refractivity contribution in [2.75, 3.05) is 18.5 Å². The normalized spacial score (nSPS) is 13.2. The van der Waals surface area contributed by atoms with E-state index in [9.17, 15) is 14.4 Å². The lowest BCUT2D eigenvalue weighted by atomic mass is 10.1. The number of aromatic amines is 1. The van der Waals surface area contributed by atoms with Crippen molar-refractivity contribution >= 4 is 17.0 Å². The fourth-order valence-corrected chi connectivity index (χ4v) is 4.06. The highest BCUT2D eigenvalue weighted by Gasteiger charge is 2.24. The second kappa shape index (κ2) is 9.58. The molecular formula is C24H24FN9O. The maximum absolute atomic E-state index is 13.4. The third-order valence-corrected chi connectivity index (χ3v) is 6.14. The second-order valence-electron chi connectivity index (χ2n) is 8.74. The molecule has 0 spiro atoms. The first-order chi connectivity index (χ1) is 17.0. The fourth-order valence-electron chi connectivity index (χ4n) is 4.06. The van der Waals surface area contributed by atoms with Gasteiger partial charge in [0.25, 0.3) is 5.56 Å². The molecule has 0 amide bonds. The van der Waals surface area contributed by atoms with Gasteiger partial charge < -0.3 is 4.90 Å². The minimum atomic E-state index is -0.472. The van der Waals surface area contributed by atoms with E-state index in [4.69, 9.17) is 0 Å². The van der Waals surface area contributed by atoms with Gasteiger partial charge in [0.15, 0.2) is 17.2 Å². The predicted octanol–water partition coefficient (Wildman–Crippen LogP) is 2.50. The molecule has 1 aliphatic rings. The van der Waals surface area contributed by atoms with E-state index < -0.39 is 5.82 Å². The first kappa shape index (κ1) is 22.6. The van der Waals surface area contributed by atoms with Gasteiger partial charge in [0, 0.05) is 44.4 Å². The number of aryl methyl sites for hydroxylation is 2. The summed E-state index contributed by atoms with van der Waals surface area (Å²) in [6.45, 7) is 0.939. The Bertz CT molecular complexity index is 1430. The molecule has 1 fully saturated rings. The monoisotopic (exact) mass is 473 g/mol. The van der Waals surface area contributed by atoms with Gasteiger partial charge in [0.05, 0.1) is 12.4 Å². The molecule has 10 nitrogen and oxygen atoms in total. The molecule has 0 aromatic carbocycles.